The lowest BCUT2D eigenvalue weighted by Gasteiger charge is -2.15. The molecule has 1 aromatic carbocycles. The summed E-state index contributed by atoms with van der Waals surface area (Å²) >= 11 is 0. The lowest BCUT2D eigenvalue weighted by molar-refractivity contribution is -0.160. The maximum Gasteiger partial charge on any atom is 0.346 e. The van der Waals surface area contributed by atoms with Crippen LogP contribution in [0.1, 0.15) is 17.2 Å². The number of methoxy groups -OCH3 is 1. The molecule has 0 aliphatic heterocycles. The molecule has 1 aliphatic rings. The Kier molecular flexibility index (Phi) is 3.19. The fraction of sp³-hybridized carbons (Fsp3) is 0.250. The minimum Gasteiger partial charge on any atom is -0.466 e. The molecule has 0 bridgehead atoms. The zero-order valence-corrected chi connectivity index (χ0v) is 9.02. The molecule has 0 saturated heterocycles. The van der Waals surface area contributed by atoms with Crippen LogP contribution in [0, 0.1) is 0 Å². The van der Waals surface area contributed by atoms with Crippen molar-refractivity contribution in [3.8, 4) is 0 Å². The molecule has 1 unspecified atom stereocenters. The number of hydrogen-bond acceptors (Lipinski definition) is 3. The molecule has 5 heteroatoms. The molecule has 0 aromatic heterocycles. The monoisotopic (exact) mass is 240 g/mol. The van der Waals surface area contributed by atoms with E-state index >= 15 is 0 Å². The largest absolute Gasteiger partial charge is 0.466 e. The average molecular weight is 240 g/mol. The fourth-order valence-corrected chi connectivity index (χ4v) is 1.83. The Balaban J connectivity index is 2.37. The first-order valence-corrected chi connectivity index (χ1v) is 4.96. The summed E-state index contributed by atoms with van der Waals surface area (Å²) in [6, 6.07) is 6.84. The molecule has 0 amide bonds. The average Bonchev–Trinajstić information content (AvgIpc) is 2.67. The predicted molar refractivity (Wildman–Crippen MR) is 56.3 cm³/mol. The van der Waals surface area contributed by atoms with E-state index in [2.05, 4.69) is 9.47 Å². The molecule has 3 nitrogen and oxygen atoms in total. The molecular formula is C12H10F2O3. The first-order chi connectivity index (χ1) is 8.13. The minimum absolute atomic E-state index is 0.0917. The summed E-state index contributed by atoms with van der Waals surface area (Å²) in [6.07, 6.45) is 0.451. The summed E-state index contributed by atoms with van der Waals surface area (Å²) in [6.45, 7) is -2.95. The second kappa shape index (κ2) is 4.63. The molecule has 0 spiro atoms. The van der Waals surface area contributed by atoms with Gasteiger partial charge in [-0.2, -0.15) is 8.78 Å². The molecule has 0 radical (unpaired) electrons. The topological polar surface area (TPSA) is 35.5 Å². The molecule has 0 saturated carbocycles. The van der Waals surface area contributed by atoms with E-state index in [0.717, 1.165) is 0 Å². The highest BCUT2D eigenvalue weighted by Gasteiger charge is 2.33. The zero-order chi connectivity index (χ0) is 12.4. The SMILES string of the molecule is COC(=O)C1=Cc2ccccc2C1OC(F)F. The van der Waals surface area contributed by atoms with Gasteiger partial charge in [0.05, 0.1) is 12.7 Å². The van der Waals surface area contributed by atoms with Crippen LogP contribution in [-0.2, 0) is 14.3 Å². The van der Waals surface area contributed by atoms with E-state index in [1.807, 2.05) is 0 Å². The first kappa shape index (κ1) is 11.7. The quantitative estimate of drug-likeness (QED) is 0.761. The second-order valence-electron chi connectivity index (χ2n) is 3.50. The van der Waals surface area contributed by atoms with Gasteiger partial charge in [-0.1, -0.05) is 24.3 Å². The summed E-state index contributed by atoms with van der Waals surface area (Å²) in [5.41, 5.74) is 1.33. The van der Waals surface area contributed by atoms with Crippen molar-refractivity contribution in [3.63, 3.8) is 0 Å². The van der Waals surface area contributed by atoms with Crippen LogP contribution in [0.25, 0.3) is 6.08 Å². The van der Waals surface area contributed by atoms with Gasteiger partial charge in [0.1, 0.15) is 6.10 Å². The molecule has 0 fully saturated rings. The number of carbonyl (C=O) groups excluding carboxylic acids is 1. The highest BCUT2D eigenvalue weighted by Crippen LogP contribution is 2.38. The van der Waals surface area contributed by atoms with Crippen molar-refractivity contribution < 1.29 is 23.0 Å². The Labute approximate surface area is 96.6 Å². The summed E-state index contributed by atoms with van der Waals surface area (Å²) in [5.74, 6) is -0.660. The third kappa shape index (κ3) is 2.19. The van der Waals surface area contributed by atoms with Crippen molar-refractivity contribution in [3.05, 3.63) is 41.0 Å². The Morgan fingerprint density at radius 2 is 2.06 bits per heavy atom. The predicted octanol–water partition coefficient (Wildman–Crippen LogP) is 2.54. The van der Waals surface area contributed by atoms with Crippen LogP contribution in [0.15, 0.2) is 29.8 Å². The molecule has 0 N–H and O–H groups in total. The highest BCUT2D eigenvalue weighted by atomic mass is 19.3. The van der Waals surface area contributed by atoms with Gasteiger partial charge >= 0.3 is 12.6 Å². The van der Waals surface area contributed by atoms with Crippen LogP contribution in [0.4, 0.5) is 8.78 Å². The van der Waals surface area contributed by atoms with Crippen LogP contribution in [-0.4, -0.2) is 19.7 Å². The van der Waals surface area contributed by atoms with Crippen molar-refractivity contribution in [2.75, 3.05) is 7.11 Å². The number of hydrogen-bond donors (Lipinski definition) is 0. The smallest absolute Gasteiger partial charge is 0.346 e. The van der Waals surface area contributed by atoms with E-state index in [9.17, 15) is 13.6 Å². The van der Waals surface area contributed by atoms with Crippen LogP contribution in [0.2, 0.25) is 0 Å². The van der Waals surface area contributed by atoms with Crippen molar-refractivity contribution >= 4 is 12.0 Å². The third-order valence-corrected chi connectivity index (χ3v) is 2.53. The van der Waals surface area contributed by atoms with E-state index < -0.39 is 18.7 Å². The summed E-state index contributed by atoms with van der Waals surface area (Å²) < 4.78 is 33.7. The fourth-order valence-electron chi connectivity index (χ4n) is 1.83. The number of ether oxygens (including phenoxy) is 2. The van der Waals surface area contributed by atoms with Crippen LogP contribution >= 0.6 is 0 Å². The molecule has 2 rings (SSSR count). The Morgan fingerprint density at radius 1 is 1.35 bits per heavy atom. The van der Waals surface area contributed by atoms with Gasteiger partial charge in [-0.25, -0.2) is 4.79 Å². The van der Waals surface area contributed by atoms with E-state index in [-0.39, 0.29) is 5.57 Å². The van der Waals surface area contributed by atoms with Gasteiger partial charge in [-0.3, -0.25) is 0 Å². The number of fused-ring (bicyclic) bond motifs is 1. The van der Waals surface area contributed by atoms with Gasteiger partial charge in [0.25, 0.3) is 0 Å². The van der Waals surface area contributed by atoms with Crippen molar-refractivity contribution in [1.29, 1.82) is 0 Å². The lowest BCUT2D eigenvalue weighted by Crippen LogP contribution is -2.15. The van der Waals surface area contributed by atoms with Gasteiger partial charge in [0, 0.05) is 0 Å². The number of halogens is 2. The van der Waals surface area contributed by atoms with Crippen molar-refractivity contribution in [1.82, 2.24) is 0 Å². The number of carbonyl (C=O) groups is 1. The van der Waals surface area contributed by atoms with Crippen LogP contribution in [0.3, 0.4) is 0 Å². The van der Waals surface area contributed by atoms with Gasteiger partial charge in [0.15, 0.2) is 0 Å². The number of rotatable bonds is 3. The summed E-state index contributed by atoms with van der Waals surface area (Å²) in [7, 11) is 1.20. The van der Waals surface area contributed by atoms with E-state index in [0.29, 0.717) is 11.1 Å². The number of alkyl halides is 2. The van der Waals surface area contributed by atoms with Crippen molar-refractivity contribution in [2.24, 2.45) is 0 Å². The normalized spacial score (nSPS) is 17.9. The minimum atomic E-state index is -2.95. The molecule has 1 atom stereocenters. The highest BCUT2D eigenvalue weighted by molar-refractivity contribution is 5.97. The molecular weight excluding hydrogens is 230 g/mol. The van der Waals surface area contributed by atoms with Gasteiger partial charge in [-0.05, 0) is 17.2 Å². The molecule has 0 heterocycles. The van der Waals surface area contributed by atoms with Crippen LogP contribution in [0.5, 0.6) is 0 Å². The lowest BCUT2D eigenvalue weighted by atomic mass is 10.1. The maximum atomic E-state index is 12.3. The van der Waals surface area contributed by atoms with Gasteiger partial charge in [-0.15, -0.1) is 0 Å². The zero-order valence-electron chi connectivity index (χ0n) is 9.02. The standard InChI is InChI=1S/C12H10F2O3/c1-16-11(15)9-6-7-4-2-3-5-8(7)10(9)17-12(13)14/h2-6,10,12H,1H3. The maximum absolute atomic E-state index is 12.3. The van der Waals surface area contributed by atoms with E-state index in [1.165, 1.54) is 13.2 Å². The summed E-state index contributed by atoms with van der Waals surface area (Å²) in [5, 5.41) is 0. The van der Waals surface area contributed by atoms with E-state index in [4.69, 9.17) is 0 Å². The van der Waals surface area contributed by atoms with E-state index in [1.54, 1.807) is 24.3 Å². The Morgan fingerprint density at radius 3 is 2.71 bits per heavy atom. The second-order valence-corrected chi connectivity index (χ2v) is 3.50. The number of esters is 1. The molecule has 90 valence electrons. The van der Waals surface area contributed by atoms with Crippen LogP contribution < -0.4 is 0 Å². The third-order valence-electron chi connectivity index (χ3n) is 2.53. The van der Waals surface area contributed by atoms with Crippen molar-refractivity contribution in [2.45, 2.75) is 12.7 Å². The van der Waals surface area contributed by atoms with Gasteiger partial charge in [0.2, 0.25) is 0 Å². The summed E-state index contributed by atoms with van der Waals surface area (Å²) in [4.78, 5) is 11.5. The molecule has 1 aromatic rings. The Hall–Kier alpha value is -1.75. The molecule has 17 heavy (non-hydrogen) atoms. The molecule has 1 aliphatic carbocycles. The Bertz CT molecular complexity index is 469. The van der Waals surface area contributed by atoms with Gasteiger partial charge < -0.3 is 9.47 Å². The first-order valence-electron chi connectivity index (χ1n) is 4.96. The number of benzene rings is 1.